The van der Waals surface area contributed by atoms with Crippen LogP contribution in [0.2, 0.25) is 0 Å². The number of hydrogen-bond acceptors (Lipinski definition) is 3. The Bertz CT molecular complexity index is 895. The first-order valence-electron chi connectivity index (χ1n) is 9.40. The summed E-state index contributed by atoms with van der Waals surface area (Å²) in [4.78, 5) is 11.0. The predicted octanol–water partition coefficient (Wildman–Crippen LogP) is 5.52. The molecule has 1 N–H and O–H groups in total. The molecule has 2 atom stereocenters. The number of benzene rings is 2. The van der Waals surface area contributed by atoms with Gasteiger partial charge in [0.15, 0.2) is 0 Å². The van der Waals surface area contributed by atoms with Gasteiger partial charge in [-0.2, -0.15) is 13.2 Å². The number of alkyl halides is 3. The van der Waals surface area contributed by atoms with E-state index in [4.69, 9.17) is 14.6 Å². The molecule has 0 saturated carbocycles. The van der Waals surface area contributed by atoms with Crippen LogP contribution >= 0.6 is 0 Å². The van der Waals surface area contributed by atoms with Crippen molar-refractivity contribution in [3.8, 4) is 23.3 Å². The number of ether oxygens (including phenoxy) is 2. The van der Waals surface area contributed by atoms with Gasteiger partial charge in [0.1, 0.15) is 11.5 Å². The van der Waals surface area contributed by atoms with Crippen LogP contribution in [0.4, 0.5) is 13.2 Å². The van der Waals surface area contributed by atoms with Gasteiger partial charge in [-0.3, -0.25) is 4.79 Å². The number of carboxylic acids is 1. The zero-order chi connectivity index (χ0) is 22.1. The number of carbonyl (C=O) groups is 1. The van der Waals surface area contributed by atoms with Gasteiger partial charge in [-0.15, -0.1) is 5.92 Å². The summed E-state index contributed by atoms with van der Waals surface area (Å²) in [5, 5.41) is 9.00. The van der Waals surface area contributed by atoms with E-state index in [1.807, 2.05) is 0 Å². The number of hydrogen-bond donors (Lipinski definition) is 1. The van der Waals surface area contributed by atoms with E-state index in [-0.39, 0.29) is 18.8 Å². The SMILES string of the molecule is CC#CC(CC(=O)O)c1ccc(OCC[C@H](C)Oc2ccccc2C(F)(F)F)cc1. The highest BCUT2D eigenvalue weighted by Crippen LogP contribution is 2.36. The van der Waals surface area contributed by atoms with Crippen LogP contribution in [0.5, 0.6) is 11.5 Å². The van der Waals surface area contributed by atoms with Crippen LogP contribution < -0.4 is 9.47 Å². The molecule has 2 aromatic carbocycles. The van der Waals surface area contributed by atoms with E-state index in [0.717, 1.165) is 11.6 Å². The summed E-state index contributed by atoms with van der Waals surface area (Å²) < 4.78 is 50.2. The maximum atomic E-state index is 13.0. The Morgan fingerprint density at radius 2 is 1.80 bits per heavy atom. The average Bonchev–Trinajstić information content (AvgIpc) is 2.67. The summed E-state index contributed by atoms with van der Waals surface area (Å²) in [5.74, 6) is 4.65. The fourth-order valence-electron chi connectivity index (χ4n) is 2.82. The predicted molar refractivity (Wildman–Crippen MR) is 107 cm³/mol. The highest BCUT2D eigenvalue weighted by molar-refractivity contribution is 5.69. The smallest absolute Gasteiger partial charge is 0.419 e. The normalized spacial score (nSPS) is 13.0. The minimum Gasteiger partial charge on any atom is -0.493 e. The van der Waals surface area contributed by atoms with Crippen molar-refractivity contribution in [1.82, 2.24) is 0 Å². The van der Waals surface area contributed by atoms with Crippen LogP contribution in [0.1, 0.15) is 43.7 Å². The summed E-state index contributed by atoms with van der Waals surface area (Å²) in [5.41, 5.74) is -0.0287. The molecular formula is C23H23F3O4. The molecule has 0 amide bonds. The molecule has 2 rings (SSSR count). The van der Waals surface area contributed by atoms with Gasteiger partial charge in [0.2, 0.25) is 0 Å². The van der Waals surface area contributed by atoms with Gasteiger partial charge in [-0.25, -0.2) is 0 Å². The maximum absolute atomic E-state index is 13.0. The minimum atomic E-state index is -4.48. The second kappa shape index (κ2) is 10.6. The number of carboxylic acid groups (broad SMARTS) is 1. The van der Waals surface area contributed by atoms with Gasteiger partial charge in [0.25, 0.3) is 0 Å². The van der Waals surface area contributed by atoms with Crippen molar-refractivity contribution in [2.45, 2.75) is 44.9 Å². The molecule has 0 aliphatic heterocycles. The van der Waals surface area contributed by atoms with E-state index in [1.165, 1.54) is 18.2 Å². The Morgan fingerprint density at radius 3 is 2.40 bits per heavy atom. The fourth-order valence-corrected chi connectivity index (χ4v) is 2.82. The van der Waals surface area contributed by atoms with Crippen LogP contribution in [-0.2, 0) is 11.0 Å². The van der Waals surface area contributed by atoms with Crippen molar-refractivity contribution in [3.63, 3.8) is 0 Å². The molecule has 0 bridgehead atoms. The highest BCUT2D eigenvalue weighted by Gasteiger charge is 2.34. The molecule has 0 aliphatic carbocycles. The molecule has 4 nitrogen and oxygen atoms in total. The van der Waals surface area contributed by atoms with Crippen molar-refractivity contribution < 1.29 is 32.5 Å². The first-order valence-corrected chi connectivity index (χ1v) is 9.40. The molecule has 0 radical (unpaired) electrons. The van der Waals surface area contributed by atoms with Crippen molar-refractivity contribution in [3.05, 3.63) is 59.7 Å². The van der Waals surface area contributed by atoms with Gasteiger partial charge in [-0.05, 0) is 43.7 Å². The lowest BCUT2D eigenvalue weighted by Gasteiger charge is -2.19. The Labute approximate surface area is 173 Å². The fraction of sp³-hybridized carbons (Fsp3) is 0.348. The average molecular weight is 420 g/mol. The second-order valence-electron chi connectivity index (χ2n) is 6.67. The van der Waals surface area contributed by atoms with E-state index in [2.05, 4.69) is 11.8 Å². The minimum absolute atomic E-state index is 0.0880. The van der Waals surface area contributed by atoms with Gasteiger partial charge >= 0.3 is 12.1 Å². The Morgan fingerprint density at radius 1 is 1.13 bits per heavy atom. The molecule has 30 heavy (non-hydrogen) atoms. The first-order chi connectivity index (χ1) is 14.2. The molecule has 0 aromatic heterocycles. The molecule has 1 unspecified atom stereocenters. The Balaban J connectivity index is 1.90. The van der Waals surface area contributed by atoms with Gasteiger partial charge in [0, 0.05) is 6.42 Å². The monoisotopic (exact) mass is 420 g/mol. The number of rotatable bonds is 9. The lowest BCUT2D eigenvalue weighted by molar-refractivity contribution is -0.139. The molecule has 7 heteroatoms. The van der Waals surface area contributed by atoms with Gasteiger partial charge in [0.05, 0.1) is 30.6 Å². The third kappa shape index (κ3) is 7.03. The van der Waals surface area contributed by atoms with Crippen molar-refractivity contribution in [1.29, 1.82) is 0 Å². The lowest BCUT2D eigenvalue weighted by Crippen LogP contribution is -2.18. The van der Waals surface area contributed by atoms with E-state index < -0.39 is 29.7 Å². The van der Waals surface area contributed by atoms with Crippen LogP contribution in [0.3, 0.4) is 0 Å². The van der Waals surface area contributed by atoms with Crippen LogP contribution in [0.15, 0.2) is 48.5 Å². The summed E-state index contributed by atoms with van der Waals surface area (Å²) in [6.45, 7) is 3.59. The van der Waals surface area contributed by atoms with E-state index in [0.29, 0.717) is 12.2 Å². The van der Waals surface area contributed by atoms with Crippen molar-refractivity contribution >= 4 is 5.97 Å². The Hall–Kier alpha value is -3.14. The lowest BCUT2D eigenvalue weighted by atomic mass is 9.96. The van der Waals surface area contributed by atoms with E-state index >= 15 is 0 Å². The quantitative estimate of drug-likeness (QED) is 0.543. The van der Waals surface area contributed by atoms with Gasteiger partial charge in [-0.1, -0.05) is 30.2 Å². The van der Waals surface area contributed by atoms with Crippen LogP contribution in [0, 0.1) is 11.8 Å². The molecule has 0 aliphatic rings. The third-order valence-electron chi connectivity index (χ3n) is 4.29. The molecule has 0 spiro atoms. The number of halogens is 3. The Kier molecular flexibility index (Phi) is 8.16. The van der Waals surface area contributed by atoms with Gasteiger partial charge < -0.3 is 14.6 Å². The van der Waals surface area contributed by atoms with E-state index in [9.17, 15) is 18.0 Å². The maximum Gasteiger partial charge on any atom is 0.419 e. The van der Waals surface area contributed by atoms with Crippen LogP contribution in [-0.4, -0.2) is 23.8 Å². The zero-order valence-electron chi connectivity index (χ0n) is 16.7. The van der Waals surface area contributed by atoms with Crippen molar-refractivity contribution in [2.75, 3.05) is 6.61 Å². The van der Waals surface area contributed by atoms with Crippen molar-refractivity contribution in [2.24, 2.45) is 0 Å². The number of aliphatic carboxylic acids is 1. The molecular weight excluding hydrogens is 397 g/mol. The molecule has 160 valence electrons. The largest absolute Gasteiger partial charge is 0.493 e. The second-order valence-corrected chi connectivity index (χ2v) is 6.67. The van der Waals surface area contributed by atoms with Crippen LogP contribution in [0.25, 0.3) is 0 Å². The topological polar surface area (TPSA) is 55.8 Å². The molecule has 0 fully saturated rings. The van der Waals surface area contributed by atoms with E-state index in [1.54, 1.807) is 38.1 Å². The molecule has 0 heterocycles. The first kappa shape index (κ1) is 23.1. The highest BCUT2D eigenvalue weighted by atomic mass is 19.4. The standard InChI is InChI=1S/C23H23F3O4/c1-3-6-18(15-22(27)28)17-9-11-19(12-10-17)29-14-13-16(2)30-21-8-5-4-7-20(21)23(24,25)26/h4-5,7-12,16,18H,13-15H2,1-2H3,(H,27,28)/t16-,18?/m0/s1. The summed E-state index contributed by atoms with van der Waals surface area (Å²) in [6.07, 6.45) is -4.66. The zero-order valence-corrected chi connectivity index (χ0v) is 16.7. The number of para-hydroxylation sites is 1. The summed E-state index contributed by atoms with van der Waals surface area (Å²) >= 11 is 0. The molecule has 2 aromatic rings. The summed E-state index contributed by atoms with van der Waals surface area (Å²) in [7, 11) is 0. The molecule has 0 saturated heterocycles. The summed E-state index contributed by atoms with van der Waals surface area (Å²) in [6, 6.07) is 12.0. The third-order valence-corrected chi connectivity index (χ3v) is 4.29.